The number of nitrogens with zero attached hydrogens (tertiary/aromatic N) is 4. The molecule has 0 saturated carbocycles. The van der Waals surface area contributed by atoms with Crippen molar-refractivity contribution in [2.45, 2.75) is 25.7 Å². The quantitative estimate of drug-likeness (QED) is 0.888. The van der Waals surface area contributed by atoms with E-state index in [0.717, 1.165) is 31.0 Å². The van der Waals surface area contributed by atoms with Gasteiger partial charge in [0.1, 0.15) is 0 Å². The molecule has 2 aromatic rings. The number of imidazole rings is 1. The largest absolute Gasteiger partial charge is 0.316 e. The van der Waals surface area contributed by atoms with E-state index in [-0.39, 0.29) is 0 Å². The van der Waals surface area contributed by atoms with Crippen LogP contribution >= 0.6 is 0 Å². The second-order valence-corrected chi connectivity index (χ2v) is 5.35. The molecular weight excluding hydrogens is 238 g/mol. The van der Waals surface area contributed by atoms with Gasteiger partial charge in [-0.1, -0.05) is 13.3 Å². The first-order valence-electron chi connectivity index (χ1n) is 6.97. The topological polar surface area (TPSA) is 54.6 Å². The molecule has 4 rings (SSSR count). The molecule has 1 saturated heterocycles. The van der Waals surface area contributed by atoms with Gasteiger partial charge in [-0.15, -0.1) is 0 Å². The molecule has 2 aliphatic rings. The lowest BCUT2D eigenvalue weighted by molar-refractivity contribution is 0.491. The van der Waals surface area contributed by atoms with Gasteiger partial charge in [0.2, 0.25) is 0 Å². The Morgan fingerprint density at radius 3 is 3.16 bits per heavy atom. The van der Waals surface area contributed by atoms with Crippen LogP contribution in [-0.2, 0) is 6.42 Å². The van der Waals surface area contributed by atoms with Crippen LogP contribution in [0.2, 0.25) is 0 Å². The van der Waals surface area contributed by atoms with E-state index >= 15 is 0 Å². The molecular formula is C14H17N5. The van der Waals surface area contributed by atoms with E-state index in [0.29, 0.717) is 11.8 Å². The average Bonchev–Trinajstić information content (AvgIpc) is 3.15. The lowest BCUT2D eigenvalue weighted by Crippen LogP contribution is -2.13. The maximum atomic E-state index is 4.53. The maximum absolute atomic E-state index is 4.53. The molecule has 5 nitrogen and oxygen atoms in total. The van der Waals surface area contributed by atoms with Crippen LogP contribution in [0.4, 0.5) is 5.82 Å². The summed E-state index contributed by atoms with van der Waals surface area (Å²) in [6, 6.07) is 0. The zero-order valence-corrected chi connectivity index (χ0v) is 11.0. The molecule has 0 amide bonds. The lowest BCUT2D eigenvalue weighted by Gasteiger charge is -2.17. The predicted octanol–water partition coefficient (Wildman–Crippen LogP) is 1.70. The summed E-state index contributed by atoms with van der Waals surface area (Å²) in [5.41, 5.74) is 3.45. The second-order valence-electron chi connectivity index (χ2n) is 5.35. The van der Waals surface area contributed by atoms with Crippen LogP contribution in [0.5, 0.6) is 0 Å². The molecule has 0 spiro atoms. The third kappa shape index (κ3) is 1.54. The van der Waals surface area contributed by atoms with Crippen molar-refractivity contribution in [2.24, 2.45) is 10.9 Å². The van der Waals surface area contributed by atoms with Crippen molar-refractivity contribution in [1.82, 2.24) is 19.7 Å². The van der Waals surface area contributed by atoms with Crippen LogP contribution in [0.3, 0.4) is 0 Å². The molecule has 98 valence electrons. The first-order valence-corrected chi connectivity index (χ1v) is 6.97. The lowest BCUT2D eigenvalue weighted by atomic mass is 9.91. The van der Waals surface area contributed by atoms with Crippen molar-refractivity contribution in [3.63, 3.8) is 0 Å². The summed E-state index contributed by atoms with van der Waals surface area (Å²) in [7, 11) is 0. The number of rotatable bonds is 2. The van der Waals surface area contributed by atoms with E-state index < -0.39 is 0 Å². The van der Waals surface area contributed by atoms with Crippen molar-refractivity contribution in [1.29, 1.82) is 0 Å². The number of hydrogen-bond donors (Lipinski definition) is 1. The van der Waals surface area contributed by atoms with Gasteiger partial charge in [-0.3, -0.25) is 4.40 Å². The minimum absolute atomic E-state index is 0.548. The van der Waals surface area contributed by atoms with E-state index in [9.17, 15) is 0 Å². The third-order valence-corrected chi connectivity index (χ3v) is 4.39. The van der Waals surface area contributed by atoms with E-state index in [2.05, 4.69) is 31.6 Å². The van der Waals surface area contributed by atoms with E-state index in [1.807, 2.05) is 18.6 Å². The van der Waals surface area contributed by atoms with Crippen molar-refractivity contribution < 1.29 is 0 Å². The van der Waals surface area contributed by atoms with E-state index in [1.54, 1.807) is 0 Å². The number of hydrogen-bond acceptors (Lipinski definition) is 4. The van der Waals surface area contributed by atoms with Gasteiger partial charge in [-0.25, -0.2) is 15.0 Å². The summed E-state index contributed by atoms with van der Waals surface area (Å²) in [5.74, 6) is 2.10. The van der Waals surface area contributed by atoms with Gasteiger partial charge in [0.05, 0.1) is 11.9 Å². The van der Waals surface area contributed by atoms with Crippen molar-refractivity contribution >= 4 is 17.7 Å². The minimum atomic E-state index is 0.548. The monoisotopic (exact) mass is 255 g/mol. The molecule has 0 aromatic carbocycles. The Hall–Kier alpha value is -1.75. The molecule has 0 bridgehead atoms. The van der Waals surface area contributed by atoms with Crippen LogP contribution in [-0.4, -0.2) is 33.7 Å². The number of aromatic nitrogens is 3. The van der Waals surface area contributed by atoms with Gasteiger partial charge >= 0.3 is 0 Å². The minimum Gasteiger partial charge on any atom is -0.316 e. The van der Waals surface area contributed by atoms with Gasteiger partial charge in [0.25, 0.3) is 0 Å². The van der Waals surface area contributed by atoms with Crippen molar-refractivity contribution in [3.05, 3.63) is 23.8 Å². The SMILES string of the molecule is CC[C@@H]1CNCC1c1cnc2cnc3c(n12)CC=N3. The van der Waals surface area contributed by atoms with Crippen LogP contribution in [0.25, 0.3) is 5.65 Å². The molecule has 2 atom stereocenters. The summed E-state index contributed by atoms with van der Waals surface area (Å²) >= 11 is 0. The third-order valence-electron chi connectivity index (χ3n) is 4.39. The summed E-state index contributed by atoms with van der Waals surface area (Å²) in [5, 5.41) is 3.51. The van der Waals surface area contributed by atoms with Gasteiger partial charge in [-0.2, -0.15) is 0 Å². The smallest absolute Gasteiger partial charge is 0.172 e. The maximum Gasteiger partial charge on any atom is 0.172 e. The Balaban J connectivity index is 1.89. The second kappa shape index (κ2) is 4.13. The first-order chi connectivity index (χ1) is 9.38. The summed E-state index contributed by atoms with van der Waals surface area (Å²) in [6.45, 7) is 4.42. The Bertz CT molecular complexity index is 657. The van der Waals surface area contributed by atoms with Crippen LogP contribution in [0, 0.1) is 5.92 Å². The fourth-order valence-electron chi connectivity index (χ4n) is 3.34. The van der Waals surface area contributed by atoms with Gasteiger partial charge in [-0.05, 0) is 12.5 Å². The zero-order chi connectivity index (χ0) is 12.8. The number of nitrogens with one attached hydrogen (secondary N) is 1. The Labute approximate surface area is 111 Å². The molecule has 0 aliphatic carbocycles. The standard InChI is InChI=1S/C14H17N5/c1-2-9-5-15-6-10(9)12-7-17-13-8-18-14-11(19(12)13)3-4-16-14/h4,7-10,15H,2-3,5-6H2,1H3/t9-,10?/m1/s1. The number of fused-ring (bicyclic) bond motifs is 3. The molecule has 0 radical (unpaired) electrons. The summed E-state index contributed by atoms with van der Waals surface area (Å²) in [4.78, 5) is 13.2. The Morgan fingerprint density at radius 1 is 1.32 bits per heavy atom. The van der Waals surface area contributed by atoms with E-state index in [1.165, 1.54) is 17.8 Å². The van der Waals surface area contributed by atoms with Crippen LogP contribution < -0.4 is 5.32 Å². The highest BCUT2D eigenvalue weighted by Gasteiger charge is 2.30. The first kappa shape index (κ1) is 11.1. The highest BCUT2D eigenvalue weighted by molar-refractivity contribution is 5.73. The zero-order valence-electron chi connectivity index (χ0n) is 11.0. The van der Waals surface area contributed by atoms with Crippen LogP contribution in [0.15, 0.2) is 17.4 Å². The molecule has 5 heteroatoms. The van der Waals surface area contributed by atoms with E-state index in [4.69, 9.17) is 0 Å². The molecule has 1 unspecified atom stereocenters. The molecule has 4 heterocycles. The highest BCUT2D eigenvalue weighted by Crippen LogP contribution is 2.33. The van der Waals surface area contributed by atoms with Gasteiger partial charge < -0.3 is 5.32 Å². The van der Waals surface area contributed by atoms with Gasteiger partial charge in [0.15, 0.2) is 11.5 Å². The normalized spacial score (nSPS) is 25.3. The fraction of sp³-hybridized carbons (Fsp3) is 0.500. The Morgan fingerprint density at radius 2 is 2.26 bits per heavy atom. The predicted molar refractivity (Wildman–Crippen MR) is 74.2 cm³/mol. The molecule has 2 aromatic heterocycles. The van der Waals surface area contributed by atoms with Crippen LogP contribution in [0.1, 0.15) is 30.7 Å². The highest BCUT2D eigenvalue weighted by atomic mass is 15.1. The summed E-state index contributed by atoms with van der Waals surface area (Å²) in [6.07, 6.45) is 7.85. The average molecular weight is 255 g/mol. The summed E-state index contributed by atoms with van der Waals surface area (Å²) < 4.78 is 2.27. The molecule has 2 aliphatic heterocycles. The molecule has 19 heavy (non-hydrogen) atoms. The fourth-order valence-corrected chi connectivity index (χ4v) is 3.34. The molecule has 1 N–H and O–H groups in total. The number of aliphatic imine (C=N–C) groups is 1. The van der Waals surface area contributed by atoms with Crippen molar-refractivity contribution in [2.75, 3.05) is 13.1 Å². The van der Waals surface area contributed by atoms with Crippen molar-refractivity contribution in [3.8, 4) is 0 Å². The van der Waals surface area contributed by atoms with Gasteiger partial charge in [0, 0.05) is 37.0 Å². The Kier molecular flexibility index (Phi) is 2.41. The molecule has 1 fully saturated rings.